The van der Waals surface area contributed by atoms with Crippen molar-refractivity contribution in [3.63, 3.8) is 0 Å². The van der Waals surface area contributed by atoms with E-state index < -0.39 is 11.7 Å². The summed E-state index contributed by atoms with van der Waals surface area (Å²) in [5, 5.41) is 6.08. The molecule has 2 N–H and O–H groups in total. The number of benzene rings is 2. The van der Waals surface area contributed by atoms with E-state index in [0.29, 0.717) is 18.7 Å². The number of halogens is 3. The monoisotopic (exact) mass is 364 g/mol. The molecule has 0 radical (unpaired) electrons. The van der Waals surface area contributed by atoms with Crippen LogP contribution >= 0.6 is 0 Å². The lowest BCUT2D eigenvalue weighted by atomic mass is 10.0. The third kappa shape index (κ3) is 6.10. The largest absolute Gasteiger partial charge is 0.416 e. The SMILES string of the molecule is CC(C)[C@@H](CNc1ccc(C(F)(F)F)cc1)NC(=O)Cc1ccccc1. The first-order chi connectivity index (χ1) is 12.3. The maximum atomic E-state index is 12.6. The quantitative estimate of drug-likeness (QED) is 0.759. The van der Waals surface area contributed by atoms with Crippen LogP contribution in [0.1, 0.15) is 25.0 Å². The molecule has 0 aliphatic heterocycles. The van der Waals surface area contributed by atoms with Gasteiger partial charge in [0.25, 0.3) is 0 Å². The number of rotatable bonds is 7. The van der Waals surface area contributed by atoms with E-state index in [9.17, 15) is 18.0 Å². The standard InChI is InChI=1S/C20H23F3N2O/c1-14(2)18(25-19(26)12-15-6-4-3-5-7-15)13-24-17-10-8-16(9-11-17)20(21,22)23/h3-11,14,18,24H,12-13H2,1-2H3,(H,25,26)/t18-/m1/s1. The Bertz CT molecular complexity index is 697. The molecule has 0 saturated heterocycles. The number of nitrogens with one attached hydrogen (secondary N) is 2. The van der Waals surface area contributed by atoms with E-state index in [1.54, 1.807) is 0 Å². The van der Waals surface area contributed by atoms with E-state index in [4.69, 9.17) is 0 Å². The van der Waals surface area contributed by atoms with Gasteiger partial charge in [-0.3, -0.25) is 4.79 Å². The molecule has 0 bridgehead atoms. The Morgan fingerprint density at radius 3 is 2.15 bits per heavy atom. The van der Waals surface area contributed by atoms with Crippen molar-refractivity contribution >= 4 is 11.6 Å². The summed E-state index contributed by atoms with van der Waals surface area (Å²) in [4.78, 5) is 12.2. The minimum atomic E-state index is -4.34. The molecule has 26 heavy (non-hydrogen) atoms. The Morgan fingerprint density at radius 1 is 1.00 bits per heavy atom. The average Bonchev–Trinajstić information content (AvgIpc) is 2.59. The molecule has 2 aromatic carbocycles. The maximum absolute atomic E-state index is 12.6. The minimum Gasteiger partial charge on any atom is -0.383 e. The highest BCUT2D eigenvalue weighted by atomic mass is 19.4. The van der Waals surface area contributed by atoms with Crippen LogP contribution in [0.25, 0.3) is 0 Å². The molecule has 0 fully saturated rings. The van der Waals surface area contributed by atoms with Crippen molar-refractivity contribution < 1.29 is 18.0 Å². The fourth-order valence-corrected chi connectivity index (χ4v) is 2.50. The topological polar surface area (TPSA) is 41.1 Å². The molecule has 1 amide bonds. The van der Waals surface area contributed by atoms with Gasteiger partial charge in [0.15, 0.2) is 0 Å². The molecule has 0 heterocycles. The third-order valence-electron chi connectivity index (χ3n) is 4.10. The summed E-state index contributed by atoms with van der Waals surface area (Å²) in [5.41, 5.74) is 0.837. The van der Waals surface area contributed by atoms with Crippen LogP contribution in [0.4, 0.5) is 18.9 Å². The maximum Gasteiger partial charge on any atom is 0.416 e. The van der Waals surface area contributed by atoms with Crippen molar-refractivity contribution in [1.29, 1.82) is 0 Å². The van der Waals surface area contributed by atoms with E-state index in [1.807, 2.05) is 44.2 Å². The van der Waals surface area contributed by atoms with Crippen molar-refractivity contribution in [2.45, 2.75) is 32.5 Å². The smallest absolute Gasteiger partial charge is 0.383 e. The molecule has 6 heteroatoms. The lowest BCUT2D eigenvalue weighted by Crippen LogP contribution is -2.43. The van der Waals surface area contributed by atoms with E-state index in [1.165, 1.54) is 12.1 Å². The van der Waals surface area contributed by atoms with E-state index >= 15 is 0 Å². The number of carbonyl (C=O) groups excluding carboxylic acids is 1. The molecule has 0 aromatic heterocycles. The number of alkyl halides is 3. The lowest BCUT2D eigenvalue weighted by Gasteiger charge is -2.23. The summed E-state index contributed by atoms with van der Waals surface area (Å²) >= 11 is 0. The number of carbonyl (C=O) groups is 1. The fourth-order valence-electron chi connectivity index (χ4n) is 2.50. The van der Waals surface area contributed by atoms with E-state index in [-0.39, 0.29) is 17.9 Å². The summed E-state index contributed by atoms with van der Waals surface area (Å²) in [6.45, 7) is 4.41. The van der Waals surface area contributed by atoms with Gasteiger partial charge in [0.1, 0.15) is 0 Å². The molecule has 0 saturated carbocycles. The van der Waals surface area contributed by atoms with Crippen LogP contribution in [0, 0.1) is 5.92 Å². The summed E-state index contributed by atoms with van der Waals surface area (Å²) in [6, 6.07) is 14.2. The van der Waals surface area contributed by atoms with Gasteiger partial charge >= 0.3 is 6.18 Å². The van der Waals surface area contributed by atoms with Crippen LogP contribution in [0.5, 0.6) is 0 Å². The number of hydrogen-bond donors (Lipinski definition) is 2. The normalized spacial score (nSPS) is 12.7. The Labute approximate surface area is 151 Å². The van der Waals surface area contributed by atoms with Crippen LogP contribution in [-0.2, 0) is 17.4 Å². The molecule has 2 rings (SSSR count). The van der Waals surface area contributed by atoms with Gasteiger partial charge in [0.2, 0.25) is 5.91 Å². The fraction of sp³-hybridized carbons (Fsp3) is 0.350. The Kier molecular flexibility index (Phi) is 6.66. The van der Waals surface area contributed by atoms with Crippen LogP contribution < -0.4 is 10.6 Å². The second-order valence-corrected chi connectivity index (χ2v) is 6.54. The average molecular weight is 364 g/mol. The molecule has 0 aliphatic rings. The van der Waals surface area contributed by atoms with Gasteiger partial charge < -0.3 is 10.6 Å². The van der Waals surface area contributed by atoms with Crippen molar-refractivity contribution in [3.05, 3.63) is 65.7 Å². The summed E-state index contributed by atoms with van der Waals surface area (Å²) in [5.74, 6) is 0.0980. The second-order valence-electron chi connectivity index (χ2n) is 6.54. The van der Waals surface area contributed by atoms with E-state index in [0.717, 1.165) is 17.7 Å². The molecule has 2 aromatic rings. The van der Waals surface area contributed by atoms with Gasteiger partial charge in [0, 0.05) is 18.3 Å². The molecular formula is C20H23F3N2O. The Balaban J connectivity index is 1.90. The van der Waals surface area contributed by atoms with Crippen LogP contribution in [0.15, 0.2) is 54.6 Å². The number of anilines is 1. The summed E-state index contributed by atoms with van der Waals surface area (Å²) in [6.07, 6.45) is -4.05. The predicted molar refractivity (Wildman–Crippen MR) is 96.8 cm³/mol. The zero-order valence-corrected chi connectivity index (χ0v) is 14.8. The predicted octanol–water partition coefficient (Wildman–Crippen LogP) is 4.50. The first kappa shape index (κ1) is 19.8. The first-order valence-electron chi connectivity index (χ1n) is 8.50. The zero-order valence-electron chi connectivity index (χ0n) is 14.8. The van der Waals surface area contributed by atoms with Gasteiger partial charge in [-0.25, -0.2) is 0 Å². The lowest BCUT2D eigenvalue weighted by molar-refractivity contribution is -0.137. The van der Waals surface area contributed by atoms with Gasteiger partial charge in [-0.05, 0) is 35.7 Å². The van der Waals surface area contributed by atoms with Gasteiger partial charge in [0.05, 0.1) is 12.0 Å². The number of amides is 1. The highest BCUT2D eigenvalue weighted by Gasteiger charge is 2.29. The van der Waals surface area contributed by atoms with Crippen LogP contribution in [-0.4, -0.2) is 18.5 Å². The second kappa shape index (κ2) is 8.74. The van der Waals surface area contributed by atoms with Gasteiger partial charge in [-0.15, -0.1) is 0 Å². The molecule has 0 spiro atoms. The summed E-state index contributed by atoms with van der Waals surface area (Å²) in [7, 11) is 0. The van der Waals surface area contributed by atoms with E-state index in [2.05, 4.69) is 10.6 Å². The molecule has 1 atom stereocenters. The van der Waals surface area contributed by atoms with Crippen molar-refractivity contribution in [2.75, 3.05) is 11.9 Å². The Morgan fingerprint density at radius 2 is 1.62 bits per heavy atom. The van der Waals surface area contributed by atoms with Crippen molar-refractivity contribution in [2.24, 2.45) is 5.92 Å². The third-order valence-corrected chi connectivity index (χ3v) is 4.10. The number of hydrogen-bond acceptors (Lipinski definition) is 2. The molecule has 3 nitrogen and oxygen atoms in total. The van der Waals surface area contributed by atoms with Crippen molar-refractivity contribution in [1.82, 2.24) is 5.32 Å². The van der Waals surface area contributed by atoms with Crippen LogP contribution in [0.2, 0.25) is 0 Å². The first-order valence-corrected chi connectivity index (χ1v) is 8.50. The summed E-state index contributed by atoms with van der Waals surface area (Å²) < 4.78 is 37.8. The highest BCUT2D eigenvalue weighted by Crippen LogP contribution is 2.29. The Hall–Kier alpha value is -2.50. The molecule has 140 valence electrons. The van der Waals surface area contributed by atoms with Crippen molar-refractivity contribution in [3.8, 4) is 0 Å². The molecular weight excluding hydrogens is 341 g/mol. The molecule has 0 aliphatic carbocycles. The van der Waals surface area contributed by atoms with Gasteiger partial charge in [-0.2, -0.15) is 13.2 Å². The molecule has 0 unspecified atom stereocenters. The minimum absolute atomic E-state index is 0.0795. The van der Waals surface area contributed by atoms with Crippen LogP contribution in [0.3, 0.4) is 0 Å². The van der Waals surface area contributed by atoms with Gasteiger partial charge in [-0.1, -0.05) is 44.2 Å². The highest BCUT2D eigenvalue weighted by molar-refractivity contribution is 5.78. The zero-order chi connectivity index (χ0) is 19.2.